The van der Waals surface area contributed by atoms with Gasteiger partial charge in [-0.25, -0.2) is 0 Å². The van der Waals surface area contributed by atoms with Gasteiger partial charge in [0.2, 0.25) is 0 Å². The third kappa shape index (κ3) is 4.01. The lowest BCUT2D eigenvalue weighted by atomic mass is 9.86. The van der Waals surface area contributed by atoms with Crippen molar-refractivity contribution in [2.45, 2.75) is 45.1 Å². The molecule has 0 saturated heterocycles. The van der Waals surface area contributed by atoms with Crippen molar-refractivity contribution in [3.05, 3.63) is 59.2 Å². The van der Waals surface area contributed by atoms with Gasteiger partial charge in [0, 0.05) is 11.1 Å². The van der Waals surface area contributed by atoms with E-state index in [0.717, 1.165) is 5.56 Å². The van der Waals surface area contributed by atoms with E-state index in [0.29, 0.717) is 17.6 Å². The molecule has 0 bridgehead atoms. The molecule has 0 amide bonds. The first-order chi connectivity index (χ1) is 10.3. The van der Waals surface area contributed by atoms with Crippen LogP contribution in [0.4, 0.5) is 0 Å². The second-order valence-corrected chi connectivity index (χ2v) is 6.67. The standard InChI is InChI=1S/C19H22O3/c1-19(2,3)15-8-4-13(5-9-15)17(21)12-18(22)14-6-10-16(20)11-7-14/h4-10,16,20H,11-12H2,1-3H3. The Morgan fingerprint density at radius 3 is 2.27 bits per heavy atom. The lowest BCUT2D eigenvalue weighted by Crippen LogP contribution is -2.14. The van der Waals surface area contributed by atoms with E-state index in [1.165, 1.54) is 0 Å². The highest BCUT2D eigenvalue weighted by Crippen LogP contribution is 2.23. The first-order valence-corrected chi connectivity index (χ1v) is 7.51. The molecular formula is C19H22O3. The van der Waals surface area contributed by atoms with Crippen LogP contribution in [0.5, 0.6) is 0 Å². The molecule has 1 aliphatic rings. The first kappa shape index (κ1) is 16.4. The zero-order chi connectivity index (χ0) is 16.3. The number of ketones is 2. The number of aliphatic hydroxyl groups excluding tert-OH is 1. The van der Waals surface area contributed by atoms with Gasteiger partial charge in [-0.2, -0.15) is 0 Å². The van der Waals surface area contributed by atoms with Crippen molar-refractivity contribution in [3.8, 4) is 0 Å². The minimum atomic E-state index is -0.530. The monoisotopic (exact) mass is 298 g/mol. The summed E-state index contributed by atoms with van der Waals surface area (Å²) in [6, 6.07) is 7.44. The summed E-state index contributed by atoms with van der Waals surface area (Å²) in [5.41, 5.74) is 2.25. The minimum absolute atomic E-state index is 0.0376. The van der Waals surface area contributed by atoms with Gasteiger partial charge in [0.15, 0.2) is 11.6 Å². The van der Waals surface area contributed by atoms with Crippen molar-refractivity contribution in [2.24, 2.45) is 0 Å². The lowest BCUT2D eigenvalue weighted by Gasteiger charge is -2.19. The van der Waals surface area contributed by atoms with Crippen LogP contribution in [-0.4, -0.2) is 22.8 Å². The Bertz CT molecular complexity index is 628. The molecule has 3 heteroatoms. The molecule has 3 nitrogen and oxygen atoms in total. The largest absolute Gasteiger partial charge is 0.389 e. The Hall–Kier alpha value is -2.00. The number of carbonyl (C=O) groups is 2. The van der Waals surface area contributed by atoms with Crippen molar-refractivity contribution in [2.75, 3.05) is 0 Å². The van der Waals surface area contributed by atoms with E-state index < -0.39 is 6.10 Å². The number of benzene rings is 1. The summed E-state index contributed by atoms with van der Waals surface area (Å²) in [6.45, 7) is 6.34. The van der Waals surface area contributed by atoms with Crippen LogP contribution in [-0.2, 0) is 10.2 Å². The predicted molar refractivity (Wildman–Crippen MR) is 86.9 cm³/mol. The van der Waals surface area contributed by atoms with Gasteiger partial charge in [0.25, 0.3) is 0 Å². The van der Waals surface area contributed by atoms with Crippen molar-refractivity contribution >= 4 is 11.6 Å². The van der Waals surface area contributed by atoms with Crippen LogP contribution in [0.3, 0.4) is 0 Å². The Balaban J connectivity index is 2.03. The fraction of sp³-hybridized carbons (Fsp3) is 0.368. The topological polar surface area (TPSA) is 54.4 Å². The van der Waals surface area contributed by atoms with Crippen LogP contribution >= 0.6 is 0 Å². The molecule has 1 unspecified atom stereocenters. The highest BCUT2D eigenvalue weighted by atomic mass is 16.3. The van der Waals surface area contributed by atoms with E-state index >= 15 is 0 Å². The summed E-state index contributed by atoms with van der Waals surface area (Å²) in [7, 11) is 0. The molecule has 0 radical (unpaired) electrons. The summed E-state index contributed by atoms with van der Waals surface area (Å²) in [6.07, 6.45) is 4.61. The molecule has 116 valence electrons. The number of hydrogen-bond donors (Lipinski definition) is 1. The van der Waals surface area contributed by atoms with Gasteiger partial charge in [-0.05, 0) is 17.4 Å². The third-order valence-electron chi connectivity index (χ3n) is 3.79. The summed E-state index contributed by atoms with van der Waals surface area (Å²) in [4.78, 5) is 24.3. The fourth-order valence-electron chi connectivity index (χ4n) is 2.32. The average molecular weight is 298 g/mol. The average Bonchev–Trinajstić information content (AvgIpc) is 2.47. The Kier molecular flexibility index (Phi) is 4.77. The number of Topliss-reactive ketones (excluding diaryl/α,β-unsaturated/α-hetero) is 2. The zero-order valence-electron chi connectivity index (χ0n) is 13.3. The molecule has 22 heavy (non-hydrogen) atoms. The Labute approximate surface area is 131 Å². The van der Waals surface area contributed by atoms with Gasteiger partial charge in [-0.15, -0.1) is 0 Å². The molecule has 0 aromatic heterocycles. The summed E-state index contributed by atoms with van der Waals surface area (Å²) >= 11 is 0. The van der Waals surface area contributed by atoms with E-state index in [-0.39, 0.29) is 23.4 Å². The molecule has 1 aliphatic carbocycles. The highest BCUT2D eigenvalue weighted by Gasteiger charge is 2.18. The van der Waals surface area contributed by atoms with Crippen LogP contribution < -0.4 is 0 Å². The predicted octanol–water partition coefficient (Wildman–Crippen LogP) is 3.37. The quantitative estimate of drug-likeness (QED) is 0.685. The van der Waals surface area contributed by atoms with Crippen molar-refractivity contribution in [3.63, 3.8) is 0 Å². The minimum Gasteiger partial charge on any atom is -0.389 e. The maximum atomic E-state index is 12.2. The summed E-state index contributed by atoms with van der Waals surface area (Å²) < 4.78 is 0. The smallest absolute Gasteiger partial charge is 0.170 e. The molecule has 0 heterocycles. The van der Waals surface area contributed by atoms with Gasteiger partial charge in [0.05, 0.1) is 12.5 Å². The molecule has 0 fully saturated rings. The zero-order valence-corrected chi connectivity index (χ0v) is 13.3. The van der Waals surface area contributed by atoms with E-state index in [9.17, 15) is 14.7 Å². The van der Waals surface area contributed by atoms with Crippen molar-refractivity contribution < 1.29 is 14.7 Å². The fourth-order valence-corrected chi connectivity index (χ4v) is 2.32. The van der Waals surface area contributed by atoms with E-state index in [1.54, 1.807) is 30.4 Å². The molecule has 0 spiro atoms. The molecule has 0 saturated carbocycles. The summed E-state index contributed by atoms with van der Waals surface area (Å²) in [5, 5.41) is 9.35. The van der Waals surface area contributed by atoms with Gasteiger partial charge < -0.3 is 5.11 Å². The normalized spacial score (nSPS) is 18.0. The molecule has 1 N–H and O–H groups in total. The van der Waals surface area contributed by atoms with Crippen LogP contribution in [0, 0.1) is 0 Å². The Morgan fingerprint density at radius 2 is 1.77 bits per heavy atom. The first-order valence-electron chi connectivity index (χ1n) is 7.51. The van der Waals surface area contributed by atoms with Gasteiger partial charge in [0.1, 0.15) is 0 Å². The number of carbonyl (C=O) groups excluding carboxylic acids is 2. The molecule has 2 rings (SSSR count). The maximum Gasteiger partial charge on any atom is 0.170 e. The molecule has 1 aromatic rings. The maximum absolute atomic E-state index is 12.2. The molecule has 0 aliphatic heterocycles. The van der Waals surface area contributed by atoms with Gasteiger partial charge in [-0.1, -0.05) is 63.3 Å². The highest BCUT2D eigenvalue weighted by molar-refractivity contribution is 6.14. The Morgan fingerprint density at radius 1 is 1.14 bits per heavy atom. The molecule has 1 atom stereocenters. The van der Waals surface area contributed by atoms with Crippen LogP contribution in [0.15, 0.2) is 48.1 Å². The van der Waals surface area contributed by atoms with Crippen molar-refractivity contribution in [1.82, 2.24) is 0 Å². The molecule has 1 aromatic carbocycles. The van der Waals surface area contributed by atoms with Gasteiger partial charge >= 0.3 is 0 Å². The van der Waals surface area contributed by atoms with Crippen LogP contribution in [0.1, 0.15) is 49.5 Å². The van der Waals surface area contributed by atoms with Crippen LogP contribution in [0.25, 0.3) is 0 Å². The number of hydrogen-bond acceptors (Lipinski definition) is 3. The van der Waals surface area contributed by atoms with E-state index in [2.05, 4.69) is 20.8 Å². The SMILES string of the molecule is CC(C)(C)c1ccc(C(=O)CC(=O)C2=CCC(O)C=C2)cc1. The lowest BCUT2D eigenvalue weighted by molar-refractivity contribution is -0.114. The van der Waals surface area contributed by atoms with Gasteiger partial charge in [-0.3, -0.25) is 9.59 Å². The summed E-state index contributed by atoms with van der Waals surface area (Å²) in [5.74, 6) is -0.376. The second kappa shape index (κ2) is 6.41. The molecular weight excluding hydrogens is 276 g/mol. The van der Waals surface area contributed by atoms with E-state index in [1.807, 2.05) is 12.1 Å². The van der Waals surface area contributed by atoms with Crippen LogP contribution in [0.2, 0.25) is 0 Å². The number of allylic oxidation sites excluding steroid dienone is 2. The van der Waals surface area contributed by atoms with Crippen molar-refractivity contribution in [1.29, 1.82) is 0 Å². The van der Waals surface area contributed by atoms with E-state index in [4.69, 9.17) is 0 Å². The number of aliphatic hydroxyl groups is 1. The second-order valence-electron chi connectivity index (χ2n) is 6.67. The number of rotatable bonds is 4. The third-order valence-corrected chi connectivity index (χ3v) is 3.79.